The quantitative estimate of drug-likeness (QED) is 0.288. The van der Waals surface area contributed by atoms with Gasteiger partial charge in [0.25, 0.3) is 0 Å². The van der Waals surface area contributed by atoms with Gasteiger partial charge in [-0.1, -0.05) is 0 Å². The average molecular weight is 186 g/mol. The molecular weight excluding hydrogens is 180 g/mol. The van der Waals surface area contributed by atoms with Crippen molar-refractivity contribution in [1.29, 1.82) is 0 Å². The van der Waals surface area contributed by atoms with Crippen LogP contribution in [0.25, 0.3) is 0 Å². The Bertz CT molecular complexity index is 322. The molecule has 1 aromatic carbocycles. The Morgan fingerprint density at radius 3 is 2.00 bits per heavy atom. The summed E-state index contributed by atoms with van der Waals surface area (Å²) in [6.45, 7) is 0. The zero-order valence-corrected chi connectivity index (χ0v) is 6.26. The van der Waals surface area contributed by atoms with Crippen LogP contribution in [0.3, 0.4) is 0 Å². The van der Waals surface area contributed by atoms with Crippen LogP contribution in [-0.2, 0) is 4.89 Å². The maximum Gasteiger partial charge on any atom is 0.373 e. The topological polar surface area (TPSA) is 107 Å². The van der Waals surface area contributed by atoms with Crippen molar-refractivity contribution >= 4 is 5.97 Å². The van der Waals surface area contributed by atoms with Crippen LogP contribution in [0, 0.1) is 0 Å². The molecule has 0 atom stereocenters. The molecule has 4 N–H and O–H groups in total. The number of benzene rings is 1. The van der Waals surface area contributed by atoms with Crippen molar-refractivity contribution in [2.75, 3.05) is 0 Å². The van der Waals surface area contributed by atoms with Crippen LogP contribution in [0.2, 0.25) is 0 Å². The van der Waals surface area contributed by atoms with E-state index in [2.05, 4.69) is 4.89 Å². The standard InChI is InChI=1S/C7H6O6/c8-4-1-3(7(11)13-12)2-5(9)6(4)10/h1-2,8-10,12H. The summed E-state index contributed by atoms with van der Waals surface area (Å²) in [5.74, 6) is -3.25. The number of hydrogen-bond donors (Lipinski definition) is 4. The second kappa shape index (κ2) is 3.20. The van der Waals surface area contributed by atoms with Crippen LogP contribution in [0.5, 0.6) is 17.2 Å². The van der Waals surface area contributed by atoms with Crippen molar-refractivity contribution in [3.8, 4) is 17.2 Å². The number of aromatic hydroxyl groups is 3. The molecule has 0 unspecified atom stereocenters. The van der Waals surface area contributed by atoms with Crippen molar-refractivity contribution in [2.45, 2.75) is 0 Å². The third kappa shape index (κ3) is 1.62. The zero-order valence-electron chi connectivity index (χ0n) is 6.26. The number of hydrogen-bond acceptors (Lipinski definition) is 6. The molecule has 0 spiro atoms. The molecule has 0 aliphatic carbocycles. The van der Waals surface area contributed by atoms with Crippen molar-refractivity contribution in [2.24, 2.45) is 0 Å². The van der Waals surface area contributed by atoms with Gasteiger partial charge in [0.1, 0.15) is 0 Å². The van der Waals surface area contributed by atoms with E-state index < -0.39 is 23.2 Å². The molecule has 1 rings (SSSR count). The maximum atomic E-state index is 10.7. The fourth-order valence-electron chi connectivity index (χ4n) is 0.775. The molecule has 0 saturated carbocycles. The first-order valence-corrected chi connectivity index (χ1v) is 3.17. The third-order valence-corrected chi connectivity index (χ3v) is 1.39. The lowest BCUT2D eigenvalue weighted by Gasteiger charge is -2.02. The highest BCUT2D eigenvalue weighted by molar-refractivity contribution is 5.90. The van der Waals surface area contributed by atoms with Crippen LogP contribution in [0.1, 0.15) is 10.4 Å². The molecule has 1 aromatic rings. The number of carbonyl (C=O) groups excluding carboxylic acids is 1. The Morgan fingerprint density at radius 1 is 1.15 bits per heavy atom. The van der Waals surface area contributed by atoms with E-state index in [1.54, 1.807) is 0 Å². The lowest BCUT2D eigenvalue weighted by molar-refractivity contribution is -0.182. The fourth-order valence-corrected chi connectivity index (χ4v) is 0.775. The normalized spacial score (nSPS) is 9.62. The Balaban J connectivity index is 3.20. The SMILES string of the molecule is O=C(OO)c1cc(O)c(O)c(O)c1. The number of rotatable bonds is 1. The van der Waals surface area contributed by atoms with Gasteiger partial charge in [0.2, 0.25) is 0 Å². The summed E-state index contributed by atoms with van der Waals surface area (Å²) in [7, 11) is 0. The van der Waals surface area contributed by atoms with E-state index in [0.717, 1.165) is 12.1 Å². The highest BCUT2D eigenvalue weighted by Crippen LogP contribution is 2.35. The van der Waals surface area contributed by atoms with Crippen LogP contribution < -0.4 is 0 Å². The molecule has 0 aliphatic rings. The van der Waals surface area contributed by atoms with Gasteiger partial charge in [0.05, 0.1) is 5.56 Å². The van der Waals surface area contributed by atoms with E-state index >= 15 is 0 Å². The zero-order chi connectivity index (χ0) is 10.0. The van der Waals surface area contributed by atoms with E-state index in [4.69, 9.17) is 20.6 Å². The van der Waals surface area contributed by atoms with Gasteiger partial charge >= 0.3 is 5.97 Å². The van der Waals surface area contributed by atoms with E-state index in [0.29, 0.717) is 0 Å². The van der Waals surface area contributed by atoms with Crippen molar-refractivity contribution < 1.29 is 30.3 Å². The van der Waals surface area contributed by atoms with Gasteiger partial charge in [-0.3, -0.25) is 4.89 Å². The first-order valence-electron chi connectivity index (χ1n) is 3.17. The van der Waals surface area contributed by atoms with Crippen LogP contribution in [0.4, 0.5) is 0 Å². The Hall–Kier alpha value is -1.95. The maximum absolute atomic E-state index is 10.7. The summed E-state index contributed by atoms with van der Waals surface area (Å²) >= 11 is 0. The first-order chi connectivity index (χ1) is 6.06. The predicted octanol–water partition coefficient (Wildman–Crippen LogP) is 0.433. The van der Waals surface area contributed by atoms with Gasteiger partial charge < -0.3 is 15.3 Å². The van der Waals surface area contributed by atoms with E-state index in [1.807, 2.05) is 0 Å². The van der Waals surface area contributed by atoms with Crippen LogP contribution >= 0.6 is 0 Å². The molecule has 70 valence electrons. The van der Waals surface area contributed by atoms with Gasteiger partial charge in [-0.25, -0.2) is 4.79 Å². The molecule has 0 fully saturated rings. The lowest BCUT2D eigenvalue weighted by atomic mass is 10.2. The Morgan fingerprint density at radius 2 is 1.62 bits per heavy atom. The molecule has 0 amide bonds. The average Bonchev–Trinajstić information content (AvgIpc) is 2.12. The lowest BCUT2D eigenvalue weighted by Crippen LogP contribution is -2.00. The van der Waals surface area contributed by atoms with Gasteiger partial charge in [0, 0.05) is 0 Å². The van der Waals surface area contributed by atoms with Crippen molar-refractivity contribution in [3.63, 3.8) is 0 Å². The molecule has 0 saturated heterocycles. The van der Waals surface area contributed by atoms with Crippen LogP contribution in [-0.4, -0.2) is 26.5 Å². The van der Waals surface area contributed by atoms with Gasteiger partial charge in [-0.15, -0.1) is 0 Å². The summed E-state index contributed by atoms with van der Waals surface area (Å²) in [6, 6.07) is 1.68. The largest absolute Gasteiger partial charge is 0.504 e. The first kappa shape index (κ1) is 9.14. The number of carbonyl (C=O) groups is 1. The molecule has 0 aromatic heterocycles. The smallest absolute Gasteiger partial charge is 0.373 e. The Labute approximate surface area is 72.2 Å². The minimum atomic E-state index is -1.15. The Kier molecular flexibility index (Phi) is 2.25. The predicted molar refractivity (Wildman–Crippen MR) is 39.5 cm³/mol. The molecule has 13 heavy (non-hydrogen) atoms. The molecule has 0 heterocycles. The van der Waals surface area contributed by atoms with Crippen molar-refractivity contribution in [1.82, 2.24) is 0 Å². The third-order valence-electron chi connectivity index (χ3n) is 1.39. The monoisotopic (exact) mass is 186 g/mol. The van der Waals surface area contributed by atoms with E-state index in [1.165, 1.54) is 0 Å². The second-order valence-corrected chi connectivity index (χ2v) is 2.24. The summed E-state index contributed by atoms with van der Waals surface area (Å²) in [5.41, 5.74) is -0.282. The van der Waals surface area contributed by atoms with E-state index in [9.17, 15) is 4.79 Å². The molecular formula is C7H6O6. The minimum Gasteiger partial charge on any atom is -0.504 e. The van der Waals surface area contributed by atoms with Crippen LogP contribution in [0.15, 0.2) is 12.1 Å². The summed E-state index contributed by atoms with van der Waals surface area (Å²) < 4.78 is 0. The minimum absolute atomic E-state index is 0.282. The van der Waals surface area contributed by atoms with Gasteiger partial charge in [0.15, 0.2) is 17.2 Å². The molecule has 0 bridgehead atoms. The van der Waals surface area contributed by atoms with E-state index in [-0.39, 0.29) is 5.56 Å². The summed E-state index contributed by atoms with van der Waals surface area (Å²) in [5, 5.41) is 34.7. The van der Waals surface area contributed by atoms with Gasteiger partial charge in [-0.2, -0.15) is 5.26 Å². The van der Waals surface area contributed by atoms with Crippen molar-refractivity contribution in [3.05, 3.63) is 17.7 Å². The molecule has 0 aliphatic heterocycles. The highest BCUT2D eigenvalue weighted by atomic mass is 17.1. The number of phenols is 3. The number of phenolic OH excluding ortho intramolecular Hbond substituents is 3. The summed E-state index contributed by atoms with van der Waals surface area (Å²) in [6.07, 6.45) is 0. The highest BCUT2D eigenvalue weighted by Gasteiger charge is 2.14. The molecule has 6 heteroatoms. The molecule has 6 nitrogen and oxygen atoms in total. The molecule has 0 radical (unpaired) electrons. The summed E-state index contributed by atoms with van der Waals surface area (Å²) in [4.78, 5) is 14.0. The van der Waals surface area contributed by atoms with Gasteiger partial charge in [-0.05, 0) is 12.1 Å². The fraction of sp³-hybridized carbons (Fsp3) is 0. The second-order valence-electron chi connectivity index (χ2n) is 2.24.